The Morgan fingerprint density at radius 3 is 2.56 bits per heavy atom. The highest BCUT2D eigenvalue weighted by molar-refractivity contribution is 7.92. The Bertz CT molecular complexity index is 1400. The van der Waals surface area contributed by atoms with Gasteiger partial charge in [0.05, 0.1) is 51.1 Å². The van der Waals surface area contributed by atoms with Gasteiger partial charge in [0.25, 0.3) is 10.0 Å². The van der Waals surface area contributed by atoms with Crippen molar-refractivity contribution in [2.45, 2.75) is 17.4 Å². The molecule has 0 aliphatic rings. The Balaban J connectivity index is 1.68. The van der Waals surface area contributed by atoms with Crippen molar-refractivity contribution >= 4 is 50.0 Å². The van der Waals surface area contributed by atoms with Gasteiger partial charge in [-0.25, -0.2) is 13.4 Å². The summed E-state index contributed by atoms with van der Waals surface area (Å²) >= 11 is 5.95. The number of aromatic nitrogens is 2. The summed E-state index contributed by atoms with van der Waals surface area (Å²) in [5.74, 6) is -0.938. The quantitative estimate of drug-likeness (QED) is 0.348. The highest BCUT2D eigenvalue weighted by atomic mass is 35.5. The topological polar surface area (TPSA) is 127 Å². The van der Waals surface area contributed by atoms with Crippen LogP contribution < -0.4 is 10.5 Å². The molecule has 10 heteroatoms. The fourth-order valence-electron chi connectivity index (χ4n) is 3.45. The number of fused-ring (bicyclic) bond motifs is 1. The average Bonchev–Trinajstić information content (AvgIpc) is 3.17. The fourth-order valence-corrected chi connectivity index (χ4v) is 4.77. The number of imidazole rings is 1. The van der Waals surface area contributed by atoms with Crippen LogP contribution in [0, 0.1) is 0 Å². The highest BCUT2D eigenvalue weighted by Gasteiger charge is 2.21. The lowest BCUT2D eigenvalue weighted by molar-refractivity contribution is -0.137. The molecule has 0 saturated heterocycles. The maximum atomic E-state index is 12.7. The van der Waals surface area contributed by atoms with Crippen LogP contribution in [0.3, 0.4) is 0 Å². The lowest BCUT2D eigenvalue weighted by Crippen LogP contribution is -2.14. The number of nitrogens with zero attached hydrogens (tertiary/aromatic N) is 2. The van der Waals surface area contributed by atoms with E-state index < -0.39 is 22.0 Å². The number of hydrogen-bond donors (Lipinski definition) is 3. The van der Waals surface area contributed by atoms with Crippen LogP contribution in [0.2, 0.25) is 5.02 Å². The number of nitrogen functional groups attached to an aromatic ring is 1. The number of sulfonamides is 1. The van der Waals surface area contributed by atoms with E-state index in [9.17, 15) is 18.3 Å². The third-order valence-electron chi connectivity index (χ3n) is 5.00. The number of anilines is 2. The molecule has 0 radical (unpaired) electrons. The van der Waals surface area contributed by atoms with Crippen LogP contribution in [-0.2, 0) is 14.8 Å². The van der Waals surface area contributed by atoms with Crippen LogP contribution in [0.25, 0.3) is 11.0 Å². The Hall–Kier alpha value is -3.56. The first-order valence-corrected chi connectivity index (χ1v) is 11.4. The molecular weight excluding hydrogens is 452 g/mol. The molecular formula is C22H19ClN4O4S. The van der Waals surface area contributed by atoms with Crippen molar-refractivity contribution in [1.29, 1.82) is 0 Å². The van der Waals surface area contributed by atoms with E-state index in [0.29, 0.717) is 16.7 Å². The number of hydrogen-bond acceptors (Lipinski definition) is 5. The minimum Gasteiger partial charge on any atom is -0.481 e. The number of nitrogens with one attached hydrogen (secondary N) is 1. The van der Waals surface area contributed by atoms with Gasteiger partial charge in [-0.15, -0.1) is 0 Å². The number of carboxylic acids is 1. The molecule has 0 spiro atoms. The predicted molar refractivity (Wildman–Crippen MR) is 123 cm³/mol. The van der Waals surface area contributed by atoms with E-state index in [1.807, 2.05) is 30.3 Å². The fraction of sp³-hybridized carbons (Fsp3) is 0.0909. The number of aliphatic carboxylic acids is 1. The monoisotopic (exact) mass is 470 g/mol. The van der Waals surface area contributed by atoms with Crippen molar-refractivity contribution in [3.63, 3.8) is 0 Å². The second-order valence-electron chi connectivity index (χ2n) is 7.17. The molecule has 1 heterocycles. The molecule has 4 N–H and O–H groups in total. The minimum atomic E-state index is -3.89. The van der Waals surface area contributed by atoms with Crippen LogP contribution in [0.4, 0.5) is 11.4 Å². The molecule has 8 nitrogen and oxygen atoms in total. The minimum absolute atomic E-state index is 0.0204. The largest absolute Gasteiger partial charge is 0.481 e. The van der Waals surface area contributed by atoms with Crippen molar-refractivity contribution in [3.05, 3.63) is 83.6 Å². The van der Waals surface area contributed by atoms with Crippen molar-refractivity contribution < 1.29 is 18.3 Å². The summed E-state index contributed by atoms with van der Waals surface area (Å²) in [4.78, 5) is 15.8. The van der Waals surface area contributed by atoms with E-state index in [2.05, 4.69) is 9.71 Å². The van der Waals surface area contributed by atoms with Gasteiger partial charge in [0, 0.05) is 0 Å². The number of benzene rings is 3. The molecule has 4 rings (SSSR count). The highest BCUT2D eigenvalue weighted by Crippen LogP contribution is 2.29. The van der Waals surface area contributed by atoms with Gasteiger partial charge in [-0.05, 0) is 42.0 Å². The molecule has 0 aliphatic carbocycles. The Labute approximate surface area is 189 Å². The summed E-state index contributed by atoms with van der Waals surface area (Å²) in [6, 6.07) is 17.8. The third-order valence-corrected chi connectivity index (χ3v) is 6.70. The van der Waals surface area contributed by atoms with Crippen molar-refractivity contribution in [2.75, 3.05) is 10.5 Å². The number of carboxylic acid groups (broad SMARTS) is 1. The second kappa shape index (κ2) is 8.52. The third kappa shape index (κ3) is 4.39. The van der Waals surface area contributed by atoms with Crippen molar-refractivity contribution in [2.24, 2.45) is 0 Å². The van der Waals surface area contributed by atoms with Gasteiger partial charge in [0.2, 0.25) is 0 Å². The first-order valence-electron chi connectivity index (χ1n) is 9.56. The summed E-state index contributed by atoms with van der Waals surface area (Å²) in [6.07, 6.45) is 1.44. The molecule has 1 aromatic heterocycles. The molecule has 0 aliphatic heterocycles. The molecule has 1 atom stereocenters. The molecule has 4 aromatic rings. The first-order chi connectivity index (χ1) is 15.2. The summed E-state index contributed by atoms with van der Waals surface area (Å²) in [6.45, 7) is 0. The second-order valence-corrected chi connectivity index (χ2v) is 9.26. The van der Waals surface area contributed by atoms with Gasteiger partial charge < -0.3 is 15.4 Å². The number of rotatable bonds is 7. The van der Waals surface area contributed by atoms with Gasteiger partial charge >= 0.3 is 5.97 Å². The Morgan fingerprint density at radius 1 is 1.12 bits per heavy atom. The van der Waals surface area contributed by atoms with Crippen LogP contribution in [0.1, 0.15) is 18.0 Å². The van der Waals surface area contributed by atoms with E-state index in [4.69, 9.17) is 17.3 Å². The van der Waals surface area contributed by atoms with Crippen LogP contribution in [0.15, 0.2) is 78.0 Å². The summed E-state index contributed by atoms with van der Waals surface area (Å²) < 4.78 is 29.7. The smallest absolute Gasteiger partial charge is 0.305 e. The standard InChI is InChI=1S/C22H19ClN4O4S/c23-17-11-16(7-8-18(17)24)32(30,31)26-15-6-9-20-19(10-15)25-13-27(20)21(12-22(28)29)14-4-2-1-3-5-14/h1-11,13,21,26H,12,24H2,(H,28,29). The van der Waals surface area contributed by atoms with Crippen LogP contribution in [0.5, 0.6) is 0 Å². The van der Waals surface area contributed by atoms with Gasteiger partial charge in [0.15, 0.2) is 0 Å². The normalized spacial score (nSPS) is 12.5. The van der Waals surface area contributed by atoms with E-state index >= 15 is 0 Å². The Kier molecular flexibility index (Phi) is 5.77. The molecule has 1 unspecified atom stereocenters. The molecule has 3 aromatic carbocycles. The molecule has 0 saturated carbocycles. The zero-order chi connectivity index (χ0) is 22.9. The van der Waals surface area contributed by atoms with Crippen LogP contribution in [-0.4, -0.2) is 29.0 Å². The van der Waals surface area contributed by atoms with Crippen molar-refractivity contribution in [1.82, 2.24) is 9.55 Å². The lowest BCUT2D eigenvalue weighted by Gasteiger charge is -2.18. The number of carbonyl (C=O) groups is 1. The van der Waals surface area contributed by atoms with E-state index in [0.717, 1.165) is 5.56 Å². The maximum Gasteiger partial charge on any atom is 0.305 e. The van der Waals surface area contributed by atoms with E-state index in [1.54, 1.807) is 29.1 Å². The van der Waals surface area contributed by atoms with Gasteiger partial charge in [-0.1, -0.05) is 41.9 Å². The first kappa shape index (κ1) is 21.7. The lowest BCUT2D eigenvalue weighted by atomic mass is 10.0. The predicted octanol–water partition coefficient (Wildman–Crippen LogP) is 4.14. The molecule has 0 bridgehead atoms. The zero-order valence-electron chi connectivity index (χ0n) is 16.6. The zero-order valence-corrected chi connectivity index (χ0v) is 18.2. The van der Waals surface area contributed by atoms with Gasteiger partial charge in [0.1, 0.15) is 0 Å². The number of nitrogens with two attached hydrogens (primary N) is 1. The molecule has 0 fully saturated rings. The van der Waals surface area contributed by atoms with E-state index in [1.165, 1.54) is 18.2 Å². The average molecular weight is 471 g/mol. The molecule has 0 amide bonds. The summed E-state index contributed by atoms with van der Waals surface area (Å²) in [5.41, 5.74) is 8.28. The van der Waals surface area contributed by atoms with Crippen LogP contribution >= 0.6 is 11.6 Å². The SMILES string of the molecule is Nc1ccc(S(=O)(=O)Nc2ccc3c(c2)ncn3C(CC(=O)O)c2ccccc2)cc1Cl. The van der Waals surface area contributed by atoms with Gasteiger partial charge in [-0.2, -0.15) is 0 Å². The molecule has 164 valence electrons. The number of halogens is 1. The summed E-state index contributed by atoms with van der Waals surface area (Å²) in [7, 11) is -3.89. The van der Waals surface area contributed by atoms with Gasteiger partial charge in [-0.3, -0.25) is 9.52 Å². The molecule has 32 heavy (non-hydrogen) atoms. The Morgan fingerprint density at radius 2 is 1.88 bits per heavy atom. The maximum absolute atomic E-state index is 12.7. The van der Waals surface area contributed by atoms with Crippen molar-refractivity contribution in [3.8, 4) is 0 Å². The summed E-state index contributed by atoms with van der Waals surface area (Å²) in [5, 5.41) is 9.55. The van der Waals surface area contributed by atoms with E-state index in [-0.39, 0.29) is 22.0 Å².